The van der Waals surface area contributed by atoms with Crippen LogP contribution < -0.4 is 5.32 Å². The van der Waals surface area contributed by atoms with E-state index in [1.165, 1.54) is 0 Å². The van der Waals surface area contributed by atoms with Crippen molar-refractivity contribution in [2.24, 2.45) is 5.92 Å². The average molecular weight is 322 g/mol. The first kappa shape index (κ1) is 17.9. The van der Waals surface area contributed by atoms with Crippen LogP contribution in [0.15, 0.2) is 6.07 Å². The van der Waals surface area contributed by atoms with Gasteiger partial charge in [-0.15, -0.1) is 0 Å². The summed E-state index contributed by atoms with van der Waals surface area (Å²) in [4.78, 5) is 14.5. The lowest BCUT2D eigenvalue weighted by Gasteiger charge is -2.32. The van der Waals surface area contributed by atoms with Gasteiger partial charge in [0.1, 0.15) is 5.82 Å². The number of carbonyl (C=O) groups excluding carboxylic acids is 1. The Morgan fingerprint density at radius 2 is 2.04 bits per heavy atom. The zero-order valence-corrected chi connectivity index (χ0v) is 15.0. The van der Waals surface area contributed by atoms with E-state index in [2.05, 4.69) is 36.1 Å². The van der Waals surface area contributed by atoms with E-state index in [1.807, 2.05) is 24.6 Å². The maximum atomic E-state index is 12.3. The Kier molecular flexibility index (Phi) is 5.47. The van der Waals surface area contributed by atoms with E-state index in [1.54, 1.807) is 0 Å². The minimum atomic E-state index is -0.255. The average Bonchev–Trinajstić information content (AvgIpc) is 2.80. The van der Waals surface area contributed by atoms with Gasteiger partial charge < -0.3 is 10.4 Å². The topological polar surface area (TPSA) is 70.4 Å². The van der Waals surface area contributed by atoms with Gasteiger partial charge in [-0.1, -0.05) is 0 Å². The number of aryl methyl sites for hydroxylation is 1. The third-order valence-electron chi connectivity index (χ3n) is 4.42. The molecule has 0 bridgehead atoms. The number of nitrogens with one attached hydrogen (secondary N) is 1. The Hall–Kier alpha value is -1.40. The molecule has 1 unspecified atom stereocenters. The molecule has 2 N–H and O–H groups in total. The lowest BCUT2D eigenvalue weighted by atomic mass is 9.92. The summed E-state index contributed by atoms with van der Waals surface area (Å²) < 4.78 is 1.86. The summed E-state index contributed by atoms with van der Waals surface area (Å²) in [5.74, 6) is 1.10. The van der Waals surface area contributed by atoms with Crippen molar-refractivity contribution in [3.8, 4) is 0 Å². The molecule has 1 fully saturated rings. The number of piperidine rings is 1. The van der Waals surface area contributed by atoms with E-state index in [0.717, 1.165) is 37.4 Å². The van der Waals surface area contributed by atoms with Crippen LogP contribution >= 0.6 is 0 Å². The molecule has 1 aromatic rings. The fourth-order valence-corrected chi connectivity index (χ4v) is 3.08. The van der Waals surface area contributed by atoms with Crippen LogP contribution in [-0.4, -0.2) is 51.4 Å². The van der Waals surface area contributed by atoms with Crippen LogP contribution in [0.4, 0.5) is 5.82 Å². The van der Waals surface area contributed by atoms with Gasteiger partial charge in [0.15, 0.2) is 0 Å². The van der Waals surface area contributed by atoms with E-state index in [-0.39, 0.29) is 17.6 Å². The molecular formula is C17H30N4O2. The molecule has 1 amide bonds. The standard InChI is InChI=1S/C17H30N4O2/c1-12-10-15(21(19-12)17(3,4)5)18-16(23)11-20-8-6-14(7-9-20)13(2)22/h10,13-14,22H,6-9,11H2,1-5H3,(H,18,23). The van der Waals surface area contributed by atoms with Crippen LogP contribution in [0.5, 0.6) is 0 Å². The molecule has 1 aliphatic heterocycles. The van der Waals surface area contributed by atoms with Gasteiger partial charge in [-0.2, -0.15) is 5.10 Å². The molecule has 130 valence electrons. The Morgan fingerprint density at radius 1 is 1.43 bits per heavy atom. The highest BCUT2D eigenvalue weighted by Gasteiger charge is 2.25. The first-order valence-electron chi connectivity index (χ1n) is 8.44. The van der Waals surface area contributed by atoms with Crippen LogP contribution in [0, 0.1) is 12.8 Å². The predicted molar refractivity (Wildman–Crippen MR) is 91.4 cm³/mol. The highest BCUT2D eigenvalue weighted by Crippen LogP contribution is 2.22. The molecule has 1 aliphatic rings. The highest BCUT2D eigenvalue weighted by molar-refractivity contribution is 5.91. The van der Waals surface area contributed by atoms with Crippen LogP contribution in [0.1, 0.15) is 46.2 Å². The number of rotatable bonds is 4. The van der Waals surface area contributed by atoms with Gasteiger partial charge in [-0.25, -0.2) is 4.68 Å². The molecule has 0 aliphatic carbocycles. The molecule has 6 nitrogen and oxygen atoms in total. The lowest BCUT2D eigenvalue weighted by molar-refractivity contribution is -0.117. The summed E-state index contributed by atoms with van der Waals surface area (Å²) in [5.41, 5.74) is 0.722. The SMILES string of the molecule is Cc1cc(NC(=O)CN2CCC(C(C)O)CC2)n(C(C)(C)C)n1. The summed E-state index contributed by atoms with van der Waals surface area (Å²) in [6.45, 7) is 12.1. The molecular weight excluding hydrogens is 292 g/mol. The van der Waals surface area contributed by atoms with Crippen molar-refractivity contribution in [1.29, 1.82) is 0 Å². The molecule has 0 spiro atoms. The second kappa shape index (κ2) is 7.01. The van der Waals surface area contributed by atoms with Gasteiger partial charge in [0.25, 0.3) is 0 Å². The Labute approximate surface area is 138 Å². The Balaban J connectivity index is 1.91. The van der Waals surface area contributed by atoms with Crippen molar-refractivity contribution in [3.05, 3.63) is 11.8 Å². The monoisotopic (exact) mass is 322 g/mol. The maximum absolute atomic E-state index is 12.3. The van der Waals surface area contributed by atoms with E-state index >= 15 is 0 Å². The first-order chi connectivity index (χ1) is 10.7. The molecule has 0 radical (unpaired) electrons. The second-order valence-corrected chi connectivity index (χ2v) is 7.66. The number of aliphatic hydroxyl groups is 1. The van der Waals surface area contributed by atoms with Crippen molar-refractivity contribution in [2.75, 3.05) is 25.0 Å². The van der Waals surface area contributed by atoms with Crippen LogP contribution in [0.2, 0.25) is 0 Å². The number of carbonyl (C=O) groups is 1. The second-order valence-electron chi connectivity index (χ2n) is 7.66. The molecule has 6 heteroatoms. The summed E-state index contributed by atoms with van der Waals surface area (Å²) in [6, 6.07) is 1.91. The van der Waals surface area contributed by atoms with Gasteiger partial charge in [0.05, 0.1) is 23.9 Å². The van der Waals surface area contributed by atoms with Crippen molar-refractivity contribution in [1.82, 2.24) is 14.7 Å². The van der Waals surface area contributed by atoms with E-state index < -0.39 is 0 Å². The Bertz CT molecular complexity index is 537. The molecule has 2 heterocycles. The van der Waals surface area contributed by atoms with Crippen LogP contribution in [0.25, 0.3) is 0 Å². The first-order valence-corrected chi connectivity index (χ1v) is 8.44. The van der Waals surface area contributed by atoms with E-state index in [9.17, 15) is 9.90 Å². The molecule has 1 aromatic heterocycles. The van der Waals surface area contributed by atoms with E-state index in [0.29, 0.717) is 12.5 Å². The molecule has 23 heavy (non-hydrogen) atoms. The molecule has 0 aromatic carbocycles. The number of nitrogens with zero attached hydrogens (tertiary/aromatic N) is 3. The maximum Gasteiger partial charge on any atom is 0.239 e. The number of hydrogen-bond acceptors (Lipinski definition) is 4. The molecule has 1 saturated heterocycles. The minimum absolute atomic E-state index is 0.00843. The largest absolute Gasteiger partial charge is 0.393 e. The van der Waals surface area contributed by atoms with Gasteiger partial charge >= 0.3 is 0 Å². The Morgan fingerprint density at radius 3 is 2.57 bits per heavy atom. The fourth-order valence-electron chi connectivity index (χ4n) is 3.08. The summed E-state index contributed by atoms with van der Waals surface area (Å²) in [5, 5.41) is 17.1. The van der Waals surface area contributed by atoms with Crippen molar-refractivity contribution in [3.63, 3.8) is 0 Å². The van der Waals surface area contributed by atoms with Gasteiger partial charge in [-0.05, 0) is 66.5 Å². The van der Waals surface area contributed by atoms with Gasteiger partial charge in [0.2, 0.25) is 5.91 Å². The van der Waals surface area contributed by atoms with Gasteiger partial charge in [-0.3, -0.25) is 9.69 Å². The summed E-state index contributed by atoms with van der Waals surface area (Å²) in [6.07, 6.45) is 1.64. The predicted octanol–water partition coefficient (Wildman–Crippen LogP) is 1.98. The molecule has 2 rings (SSSR count). The normalized spacial score (nSPS) is 18.9. The molecule has 1 atom stereocenters. The number of anilines is 1. The highest BCUT2D eigenvalue weighted by atomic mass is 16.3. The van der Waals surface area contributed by atoms with Crippen molar-refractivity contribution >= 4 is 11.7 Å². The fraction of sp³-hybridized carbons (Fsp3) is 0.765. The summed E-state index contributed by atoms with van der Waals surface area (Å²) >= 11 is 0. The third-order valence-corrected chi connectivity index (χ3v) is 4.42. The lowest BCUT2D eigenvalue weighted by Crippen LogP contribution is -2.41. The number of likely N-dealkylation sites (tertiary alicyclic amines) is 1. The number of hydrogen-bond donors (Lipinski definition) is 2. The van der Waals surface area contributed by atoms with Crippen LogP contribution in [-0.2, 0) is 10.3 Å². The number of amides is 1. The number of aliphatic hydroxyl groups excluding tert-OH is 1. The van der Waals surface area contributed by atoms with Crippen LogP contribution in [0.3, 0.4) is 0 Å². The minimum Gasteiger partial charge on any atom is -0.393 e. The van der Waals surface area contributed by atoms with Crippen molar-refractivity contribution in [2.45, 2.75) is 59.1 Å². The molecule has 0 saturated carbocycles. The van der Waals surface area contributed by atoms with E-state index in [4.69, 9.17) is 0 Å². The van der Waals surface area contributed by atoms with Crippen molar-refractivity contribution < 1.29 is 9.90 Å². The van der Waals surface area contributed by atoms with Gasteiger partial charge in [0, 0.05) is 6.07 Å². The zero-order chi connectivity index (χ0) is 17.2. The zero-order valence-electron chi connectivity index (χ0n) is 15.0. The summed E-state index contributed by atoms with van der Waals surface area (Å²) in [7, 11) is 0. The third kappa shape index (κ3) is 4.78. The smallest absolute Gasteiger partial charge is 0.239 e. The quantitative estimate of drug-likeness (QED) is 0.889. The number of aromatic nitrogens is 2.